The van der Waals surface area contributed by atoms with Crippen LogP contribution in [0.5, 0.6) is 5.75 Å². The Morgan fingerprint density at radius 2 is 1.63 bits per heavy atom. The number of carboxylic acid groups (broad SMARTS) is 1. The Morgan fingerprint density at radius 1 is 1.00 bits per heavy atom. The van der Waals surface area contributed by atoms with Gasteiger partial charge in [-0.05, 0) is 51.1 Å². The van der Waals surface area contributed by atoms with Crippen molar-refractivity contribution in [3.05, 3.63) is 65.9 Å². The lowest BCUT2D eigenvalue weighted by atomic mass is 10.0. The summed E-state index contributed by atoms with van der Waals surface area (Å²) in [5.41, 5.74) is 3.74. The summed E-state index contributed by atoms with van der Waals surface area (Å²) in [5.74, 6) is -0.539. The van der Waals surface area contributed by atoms with E-state index in [1.54, 1.807) is 13.2 Å². The molecule has 3 aromatic carbocycles. The number of methoxy groups -OCH3 is 1. The summed E-state index contributed by atoms with van der Waals surface area (Å²) in [5, 5.41) is 14.6. The molecule has 0 atom stereocenters. The highest BCUT2D eigenvalue weighted by atomic mass is 16.5. The smallest absolute Gasteiger partial charge is 0.127 e. The van der Waals surface area contributed by atoms with Gasteiger partial charge in [-0.25, -0.2) is 0 Å². The van der Waals surface area contributed by atoms with E-state index in [-0.39, 0.29) is 5.56 Å². The van der Waals surface area contributed by atoms with E-state index in [2.05, 4.69) is 30.9 Å². The van der Waals surface area contributed by atoms with Crippen LogP contribution in [-0.2, 0) is 0 Å². The van der Waals surface area contributed by atoms with Crippen LogP contribution < -0.4 is 14.7 Å². The van der Waals surface area contributed by atoms with E-state index in [4.69, 9.17) is 4.74 Å². The third kappa shape index (κ3) is 2.98. The molecule has 0 aliphatic carbocycles. The minimum Gasteiger partial charge on any atom is -0.545 e. The van der Waals surface area contributed by atoms with Crippen LogP contribution in [0, 0.1) is 6.92 Å². The molecule has 0 aliphatic rings. The fourth-order valence-corrected chi connectivity index (χ4v) is 4.38. The summed E-state index contributed by atoms with van der Waals surface area (Å²) in [6.45, 7) is 7.95. The molecule has 1 aromatic heterocycles. The number of anilines is 1. The van der Waals surface area contributed by atoms with Crippen molar-refractivity contribution in [2.45, 2.75) is 20.8 Å². The average Bonchev–Trinajstić information content (AvgIpc) is 3.06. The molecule has 154 valence electrons. The average molecular weight is 401 g/mol. The van der Waals surface area contributed by atoms with Gasteiger partial charge in [0.2, 0.25) is 0 Å². The number of aromatic nitrogens is 1. The lowest BCUT2D eigenvalue weighted by molar-refractivity contribution is -0.254. The molecule has 5 nitrogen and oxygen atoms in total. The fraction of sp³-hybridized carbons (Fsp3) is 0.240. The zero-order valence-electron chi connectivity index (χ0n) is 17.7. The largest absolute Gasteiger partial charge is 0.545 e. The van der Waals surface area contributed by atoms with Crippen molar-refractivity contribution in [1.29, 1.82) is 0 Å². The maximum Gasteiger partial charge on any atom is 0.127 e. The van der Waals surface area contributed by atoms with Gasteiger partial charge in [-0.3, -0.25) is 0 Å². The van der Waals surface area contributed by atoms with E-state index in [1.807, 2.05) is 47.9 Å². The Morgan fingerprint density at radius 3 is 2.20 bits per heavy atom. The van der Waals surface area contributed by atoms with Gasteiger partial charge in [-0.2, -0.15) is 0 Å². The summed E-state index contributed by atoms with van der Waals surface area (Å²) in [7, 11) is 1.60. The van der Waals surface area contributed by atoms with Crippen molar-refractivity contribution in [3.8, 4) is 11.4 Å². The van der Waals surface area contributed by atoms with Gasteiger partial charge in [0.1, 0.15) is 5.75 Å². The van der Waals surface area contributed by atoms with Crippen molar-refractivity contribution in [2.24, 2.45) is 0 Å². The molecular weight excluding hydrogens is 376 g/mol. The van der Waals surface area contributed by atoms with Crippen LogP contribution in [0.15, 0.2) is 54.6 Å². The maximum absolute atomic E-state index is 12.1. The number of ether oxygens (including phenoxy) is 1. The predicted octanol–water partition coefficient (Wildman–Crippen LogP) is 4.31. The molecule has 0 spiro atoms. The molecule has 30 heavy (non-hydrogen) atoms. The number of benzene rings is 3. The third-order valence-corrected chi connectivity index (χ3v) is 5.83. The Bertz CT molecular complexity index is 1240. The third-order valence-electron chi connectivity index (χ3n) is 5.83. The van der Waals surface area contributed by atoms with Gasteiger partial charge < -0.3 is 24.1 Å². The van der Waals surface area contributed by atoms with Gasteiger partial charge in [0.25, 0.3) is 0 Å². The first-order valence-electron chi connectivity index (χ1n) is 10.2. The summed E-state index contributed by atoms with van der Waals surface area (Å²) in [4.78, 5) is 14.3. The van der Waals surface area contributed by atoms with Gasteiger partial charge in [-0.1, -0.05) is 24.3 Å². The van der Waals surface area contributed by atoms with Crippen LogP contribution in [-0.4, -0.2) is 30.7 Å². The fourth-order valence-electron chi connectivity index (χ4n) is 4.38. The maximum atomic E-state index is 12.1. The van der Waals surface area contributed by atoms with Crippen molar-refractivity contribution >= 4 is 33.3 Å². The van der Waals surface area contributed by atoms with Gasteiger partial charge in [0.05, 0.1) is 18.6 Å². The molecule has 0 saturated heterocycles. The molecule has 0 radical (unpaired) electrons. The van der Waals surface area contributed by atoms with Crippen molar-refractivity contribution in [3.63, 3.8) is 0 Å². The molecule has 0 aliphatic heterocycles. The van der Waals surface area contributed by atoms with E-state index < -0.39 is 5.97 Å². The Kier molecular flexibility index (Phi) is 5.12. The van der Waals surface area contributed by atoms with Gasteiger partial charge in [-0.15, -0.1) is 0 Å². The lowest BCUT2D eigenvalue weighted by Gasteiger charge is -2.21. The van der Waals surface area contributed by atoms with Crippen molar-refractivity contribution in [2.75, 3.05) is 25.1 Å². The highest BCUT2D eigenvalue weighted by Crippen LogP contribution is 2.39. The number of fused-ring (bicyclic) bond motifs is 3. The summed E-state index contributed by atoms with van der Waals surface area (Å²) >= 11 is 0. The molecule has 1 heterocycles. The zero-order valence-corrected chi connectivity index (χ0v) is 17.7. The van der Waals surface area contributed by atoms with Crippen LogP contribution in [0.2, 0.25) is 0 Å². The molecule has 0 saturated carbocycles. The number of aromatic carboxylic acids is 1. The Labute approximate surface area is 176 Å². The minimum atomic E-state index is -1.19. The first-order chi connectivity index (χ1) is 14.5. The SMILES string of the molecule is CCN(CC)c1ccc(-n2c(C)c(C(=O)[O-])c3cc(OC)c4ccccc4c32)cc1. The molecule has 5 heteroatoms. The topological polar surface area (TPSA) is 57.5 Å². The summed E-state index contributed by atoms with van der Waals surface area (Å²) < 4.78 is 7.57. The van der Waals surface area contributed by atoms with Crippen LogP contribution in [0.4, 0.5) is 5.69 Å². The second-order valence-corrected chi connectivity index (χ2v) is 7.29. The monoisotopic (exact) mass is 401 g/mol. The second-order valence-electron chi connectivity index (χ2n) is 7.29. The Hall–Kier alpha value is -3.47. The van der Waals surface area contributed by atoms with Crippen molar-refractivity contribution < 1.29 is 14.6 Å². The number of nitrogens with zero attached hydrogens (tertiary/aromatic N) is 2. The summed E-state index contributed by atoms with van der Waals surface area (Å²) in [6, 6.07) is 17.9. The highest BCUT2D eigenvalue weighted by molar-refractivity contribution is 6.16. The normalized spacial score (nSPS) is 11.2. The van der Waals surface area contributed by atoms with Crippen LogP contribution >= 0.6 is 0 Å². The number of carbonyl (C=O) groups is 1. The molecule has 4 rings (SSSR count). The van der Waals surface area contributed by atoms with E-state index in [1.165, 1.54) is 0 Å². The molecule has 4 aromatic rings. The quantitative estimate of drug-likeness (QED) is 0.483. The van der Waals surface area contributed by atoms with Crippen LogP contribution in [0.1, 0.15) is 29.9 Å². The number of carbonyl (C=O) groups excluding carboxylic acids is 1. The van der Waals surface area contributed by atoms with Crippen LogP contribution in [0.25, 0.3) is 27.4 Å². The molecule has 0 N–H and O–H groups in total. The first-order valence-corrected chi connectivity index (χ1v) is 10.2. The van der Waals surface area contributed by atoms with E-state index in [0.717, 1.165) is 40.8 Å². The molecule has 0 fully saturated rings. The van der Waals surface area contributed by atoms with E-state index >= 15 is 0 Å². The lowest BCUT2D eigenvalue weighted by Crippen LogP contribution is -2.23. The number of rotatable bonds is 6. The van der Waals surface area contributed by atoms with Gasteiger partial charge >= 0.3 is 0 Å². The highest BCUT2D eigenvalue weighted by Gasteiger charge is 2.20. The molecule has 0 amide bonds. The van der Waals surface area contributed by atoms with E-state index in [0.29, 0.717) is 16.8 Å². The van der Waals surface area contributed by atoms with Crippen molar-refractivity contribution in [1.82, 2.24) is 4.57 Å². The summed E-state index contributed by atoms with van der Waals surface area (Å²) in [6.07, 6.45) is 0. The number of hydrogen-bond acceptors (Lipinski definition) is 4. The first kappa shape index (κ1) is 19.8. The standard InChI is InChI=1S/C25H26N2O3/c1-5-26(6-2)17-11-13-18(14-12-17)27-16(3)23(25(28)29)21-15-22(30-4)19-9-7-8-10-20(19)24(21)27/h7-15H,5-6H2,1-4H3,(H,28,29)/p-1. The molecule has 0 bridgehead atoms. The number of hydrogen-bond donors (Lipinski definition) is 0. The van der Waals surface area contributed by atoms with Gasteiger partial charge in [0, 0.05) is 51.9 Å². The zero-order chi connectivity index (χ0) is 21.4. The Balaban J connectivity index is 2.06. The van der Waals surface area contributed by atoms with E-state index in [9.17, 15) is 9.90 Å². The van der Waals surface area contributed by atoms with Crippen LogP contribution in [0.3, 0.4) is 0 Å². The second kappa shape index (κ2) is 7.75. The minimum absolute atomic E-state index is 0.196. The molecular formula is C25H25N2O3-. The predicted molar refractivity (Wildman–Crippen MR) is 120 cm³/mol. The number of carboxylic acids is 1. The molecule has 0 unspecified atom stereocenters. The van der Waals surface area contributed by atoms with Gasteiger partial charge in [0.15, 0.2) is 0 Å².